The van der Waals surface area contributed by atoms with Gasteiger partial charge in [-0.05, 0) is 37.0 Å². The minimum atomic E-state index is -0.0916. The van der Waals surface area contributed by atoms with E-state index in [0.717, 1.165) is 31.3 Å². The van der Waals surface area contributed by atoms with Gasteiger partial charge < -0.3 is 4.74 Å². The molecule has 2 atom stereocenters. The van der Waals surface area contributed by atoms with Crippen molar-refractivity contribution >= 4 is 5.97 Å². The fraction of sp³-hybridized carbons (Fsp3) is 0.842. The predicted molar refractivity (Wildman–Crippen MR) is 91.3 cm³/mol. The Morgan fingerprint density at radius 1 is 0.952 bits per heavy atom. The predicted octanol–water partition coefficient (Wildman–Crippen LogP) is 5.76. The van der Waals surface area contributed by atoms with Gasteiger partial charge in [-0.1, -0.05) is 66.9 Å². The Bertz CT molecular complexity index is 328. The summed E-state index contributed by atoms with van der Waals surface area (Å²) in [4.78, 5) is 12.4. The van der Waals surface area contributed by atoms with Crippen molar-refractivity contribution < 1.29 is 9.53 Å². The molecule has 2 heteroatoms. The van der Waals surface area contributed by atoms with E-state index in [-0.39, 0.29) is 5.97 Å². The lowest BCUT2D eigenvalue weighted by atomic mass is 9.87. The molecule has 0 amide bonds. The third-order valence-corrected chi connectivity index (χ3v) is 4.34. The lowest BCUT2D eigenvalue weighted by Gasteiger charge is -2.20. The quantitative estimate of drug-likeness (QED) is 0.378. The first-order chi connectivity index (χ1) is 9.87. The largest absolute Gasteiger partial charge is 0.462 e. The summed E-state index contributed by atoms with van der Waals surface area (Å²) in [7, 11) is 0. The molecule has 0 aliphatic carbocycles. The maximum absolute atomic E-state index is 12.4. The summed E-state index contributed by atoms with van der Waals surface area (Å²) in [5.74, 6) is 1.54. The molecule has 0 radical (unpaired) electrons. The first kappa shape index (κ1) is 20.2. The van der Waals surface area contributed by atoms with Crippen LogP contribution in [0.25, 0.3) is 0 Å². The van der Waals surface area contributed by atoms with Crippen LogP contribution >= 0.6 is 0 Å². The maximum atomic E-state index is 12.4. The van der Waals surface area contributed by atoms with E-state index in [0.29, 0.717) is 24.4 Å². The number of rotatable bonds is 10. The zero-order chi connectivity index (χ0) is 16.4. The van der Waals surface area contributed by atoms with Crippen molar-refractivity contribution in [2.75, 3.05) is 6.61 Å². The molecule has 0 aliphatic heterocycles. The molecule has 0 fully saturated rings. The van der Waals surface area contributed by atoms with Gasteiger partial charge in [0, 0.05) is 5.57 Å². The third-order valence-electron chi connectivity index (χ3n) is 4.34. The molecule has 124 valence electrons. The van der Waals surface area contributed by atoms with E-state index in [1.807, 2.05) is 0 Å². The Balaban J connectivity index is 4.89. The van der Waals surface area contributed by atoms with Gasteiger partial charge in [-0.15, -0.1) is 0 Å². The van der Waals surface area contributed by atoms with Gasteiger partial charge in [-0.25, -0.2) is 4.79 Å². The van der Waals surface area contributed by atoms with E-state index < -0.39 is 0 Å². The van der Waals surface area contributed by atoms with Crippen molar-refractivity contribution in [2.45, 2.75) is 80.6 Å². The van der Waals surface area contributed by atoms with Crippen LogP contribution in [0.1, 0.15) is 80.6 Å². The minimum Gasteiger partial charge on any atom is -0.462 e. The zero-order valence-electron chi connectivity index (χ0n) is 15.3. The van der Waals surface area contributed by atoms with Crippen molar-refractivity contribution in [3.05, 3.63) is 11.1 Å². The average Bonchev–Trinajstić information content (AvgIpc) is 2.46. The molecule has 0 saturated heterocycles. The Kier molecular flexibility index (Phi) is 10.5. The van der Waals surface area contributed by atoms with Gasteiger partial charge in [0.25, 0.3) is 0 Å². The first-order valence-corrected chi connectivity index (χ1v) is 8.76. The van der Waals surface area contributed by atoms with Crippen LogP contribution in [0.4, 0.5) is 0 Å². The molecule has 0 rings (SSSR count). The third kappa shape index (κ3) is 7.68. The molecule has 0 N–H and O–H groups in total. The van der Waals surface area contributed by atoms with E-state index in [1.165, 1.54) is 12.0 Å². The normalized spacial score (nSPS) is 15.6. The zero-order valence-corrected chi connectivity index (χ0v) is 15.3. The number of allylic oxidation sites excluding steroid dienone is 1. The minimum absolute atomic E-state index is 0.0916. The lowest BCUT2D eigenvalue weighted by Crippen LogP contribution is -2.16. The van der Waals surface area contributed by atoms with Crippen LogP contribution in [0.2, 0.25) is 0 Å². The van der Waals surface area contributed by atoms with Crippen LogP contribution in [0.5, 0.6) is 0 Å². The average molecular weight is 296 g/mol. The van der Waals surface area contributed by atoms with E-state index in [1.54, 1.807) is 0 Å². The molecule has 0 aliphatic rings. The molecule has 2 nitrogen and oxygen atoms in total. The van der Waals surface area contributed by atoms with E-state index in [2.05, 4.69) is 48.5 Å². The summed E-state index contributed by atoms with van der Waals surface area (Å²) in [6.45, 7) is 15.8. The summed E-state index contributed by atoms with van der Waals surface area (Å²) in [6.07, 6.45) is 5.13. The van der Waals surface area contributed by atoms with Gasteiger partial charge in [-0.3, -0.25) is 0 Å². The Labute approximate surface area is 132 Å². The van der Waals surface area contributed by atoms with Gasteiger partial charge in [0.2, 0.25) is 0 Å². The standard InChI is InChI=1S/C19H36O2/c1-8-15(6)13-21-19(20)18(10-3)17(9-2)16(7)12-11-14(4)5/h14-16H,8-13H2,1-7H3. The van der Waals surface area contributed by atoms with Gasteiger partial charge in [-0.2, -0.15) is 0 Å². The van der Waals surface area contributed by atoms with Crippen LogP contribution in [0.15, 0.2) is 11.1 Å². The molecule has 0 aromatic rings. The number of ether oxygens (including phenoxy) is 1. The molecular formula is C19H36O2. The Morgan fingerprint density at radius 2 is 1.57 bits per heavy atom. The van der Waals surface area contributed by atoms with E-state index in [9.17, 15) is 4.79 Å². The molecule has 0 bridgehead atoms. The smallest absolute Gasteiger partial charge is 0.333 e. The fourth-order valence-electron chi connectivity index (χ4n) is 2.54. The van der Waals surface area contributed by atoms with Crippen molar-refractivity contribution in [3.8, 4) is 0 Å². The van der Waals surface area contributed by atoms with Crippen molar-refractivity contribution in [2.24, 2.45) is 17.8 Å². The van der Waals surface area contributed by atoms with Crippen LogP contribution in [-0.4, -0.2) is 12.6 Å². The summed E-state index contributed by atoms with van der Waals surface area (Å²) in [5.41, 5.74) is 2.21. The number of carbonyl (C=O) groups is 1. The first-order valence-electron chi connectivity index (χ1n) is 8.76. The van der Waals surface area contributed by atoms with Gasteiger partial charge >= 0.3 is 5.97 Å². The lowest BCUT2D eigenvalue weighted by molar-refractivity contribution is -0.140. The second-order valence-electron chi connectivity index (χ2n) is 6.70. The van der Waals surface area contributed by atoms with Gasteiger partial charge in [0.1, 0.15) is 0 Å². The van der Waals surface area contributed by atoms with Crippen LogP contribution in [-0.2, 0) is 9.53 Å². The Morgan fingerprint density at radius 3 is 2.00 bits per heavy atom. The summed E-state index contributed by atoms with van der Waals surface area (Å²) in [5, 5.41) is 0. The SMILES string of the molecule is CCC(C(=O)OCC(C)CC)=C(CC)C(C)CCC(C)C. The van der Waals surface area contributed by atoms with Crippen LogP contribution < -0.4 is 0 Å². The van der Waals surface area contributed by atoms with Crippen LogP contribution in [0, 0.1) is 17.8 Å². The van der Waals surface area contributed by atoms with Gasteiger partial charge in [0.05, 0.1) is 6.61 Å². The molecule has 0 aromatic heterocycles. The molecule has 0 heterocycles. The molecule has 21 heavy (non-hydrogen) atoms. The fourth-order valence-corrected chi connectivity index (χ4v) is 2.54. The molecule has 0 spiro atoms. The summed E-state index contributed by atoms with van der Waals surface area (Å²) < 4.78 is 5.51. The maximum Gasteiger partial charge on any atom is 0.333 e. The Hall–Kier alpha value is -0.790. The number of hydrogen-bond donors (Lipinski definition) is 0. The summed E-state index contributed by atoms with van der Waals surface area (Å²) >= 11 is 0. The number of esters is 1. The van der Waals surface area contributed by atoms with Gasteiger partial charge in [0.15, 0.2) is 0 Å². The molecule has 0 aromatic carbocycles. The van der Waals surface area contributed by atoms with E-state index >= 15 is 0 Å². The number of hydrogen-bond acceptors (Lipinski definition) is 2. The molecule has 0 saturated carbocycles. The topological polar surface area (TPSA) is 26.3 Å². The highest BCUT2D eigenvalue weighted by Crippen LogP contribution is 2.27. The second-order valence-corrected chi connectivity index (χ2v) is 6.70. The highest BCUT2D eigenvalue weighted by molar-refractivity contribution is 5.89. The monoisotopic (exact) mass is 296 g/mol. The van der Waals surface area contributed by atoms with Crippen LogP contribution in [0.3, 0.4) is 0 Å². The highest BCUT2D eigenvalue weighted by atomic mass is 16.5. The molecular weight excluding hydrogens is 260 g/mol. The van der Waals surface area contributed by atoms with Crippen molar-refractivity contribution in [1.82, 2.24) is 0 Å². The van der Waals surface area contributed by atoms with Crippen molar-refractivity contribution in [3.63, 3.8) is 0 Å². The molecule has 2 unspecified atom stereocenters. The van der Waals surface area contributed by atoms with E-state index in [4.69, 9.17) is 4.74 Å². The highest BCUT2D eigenvalue weighted by Gasteiger charge is 2.19. The van der Waals surface area contributed by atoms with Crippen molar-refractivity contribution in [1.29, 1.82) is 0 Å². The second kappa shape index (κ2) is 10.9. The summed E-state index contributed by atoms with van der Waals surface area (Å²) in [6, 6.07) is 0. The number of carbonyl (C=O) groups excluding carboxylic acids is 1.